The van der Waals surface area contributed by atoms with Crippen molar-refractivity contribution in [3.8, 4) is 0 Å². The Morgan fingerprint density at radius 1 is 1.07 bits per heavy atom. The van der Waals surface area contributed by atoms with Crippen molar-refractivity contribution in [1.29, 1.82) is 0 Å². The largest absolute Gasteiger partial charge is 0.459 e. The first-order valence-electron chi connectivity index (χ1n) is 8.74. The van der Waals surface area contributed by atoms with E-state index in [9.17, 15) is 18.0 Å². The molecule has 3 N–H and O–H groups in total. The fraction of sp³-hybridized carbons (Fsp3) is 0.368. The third-order valence-electron chi connectivity index (χ3n) is 3.96. The second kappa shape index (κ2) is 11.7. The van der Waals surface area contributed by atoms with Crippen molar-refractivity contribution < 1.29 is 22.4 Å². The average molecular weight is 524 g/mol. The van der Waals surface area contributed by atoms with Crippen molar-refractivity contribution in [3.05, 3.63) is 59.0 Å². The van der Waals surface area contributed by atoms with Crippen LogP contribution in [0.4, 0.5) is 13.2 Å². The number of carbonyl (C=O) groups excluding carboxylic acids is 1. The van der Waals surface area contributed by atoms with E-state index in [2.05, 4.69) is 20.9 Å². The Balaban J connectivity index is 0.00000420. The number of benzene rings is 1. The molecule has 0 saturated heterocycles. The van der Waals surface area contributed by atoms with E-state index >= 15 is 0 Å². The number of halogens is 4. The molecule has 29 heavy (non-hydrogen) atoms. The molecule has 1 aromatic carbocycles. The van der Waals surface area contributed by atoms with Crippen LogP contribution in [0.2, 0.25) is 0 Å². The zero-order valence-corrected chi connectivity index (χ0v) is 18.4. The van der Waals surface area contributed by atoms with Gasteiger partial charge in [-0.15, -0.1) is 24.0 Å². The SMILES string of the molecule is CN=C(NCCCNC(=O)c1occc1C)NCc1ccc(C(F)(F)F)cc1.I. The van der Waals surface area contributed by atoms with Crippen LogP contribution in [0.15, 0.2) is 46.0 Å². The maximum Gasteiger partial charge on any atom is 0.416 e. The summed E-state index contributed by atoms with van der Waals surface area (Å²) < 4.78 is 42.8. The van der Waals surface area contributed by atoms with Crippen LogP contribution in [0.1, 0.15) is 33.7 Å². The third kappa shape index (κ3) is 7.95. The van der Waals surface area contributed by atoms with Crippen molar-refractivity contribution in [1.82, 2.24) is 16.0 Å². The molecule has 1 amide bonds. The van der Waals surface area contributed by atoms with Crippen LogP contribution in [0, 0.1) is 6.92 Å². The van der Waals surface area contributed by atoms with Gasteiger partial charge in [0, 0.05) is 32.2 Å². The first-order chi connectivity index (χ1) is 13.3. The number of furan rings is 1. The summed E-state index contributed by atoms with van der Waals surface area (Å²) in [5.41, 5.74) is 0.811. The quantitative estimate of drug-likeness (QED) is 0.224. The van der Waals surface area contributed by atoms with Crippen molar-refractivity contribution in [2.24, 2.45) is 4.99 Å². The zero-order valence-electron chi connectivity index (χ0n) is 16.1. The average Bonchev–Trinajstić information content (AvgIpc) is 3.09. The highest BCUT2D eigenvalue weighted by Gasteiger charge is 2.29. The van der Waals surface area contributed by atoms with Crippen molar-refractivity contribution in [3.63, 3.8) is 0 Å². The van der Waals surface area contributed by atoms with Crippen molar-refractivity contribution >= 4 is 35.8 Å². The summed E-state index contributed by atoms with van der Waals surface area (Å²) in [6, 6.07) is 6.68. The van der Waals surface area contributed by atoms with Gasteiger partial charge in [0.25, 0.3) is 5.91 Å². The fourth-order valence-electron chi connectivity index (χ4n) is 2.40. The van der Waals surface area contributed by atoms with E-state index in [4.69, 9.17) is 4.42 Å². The van der Waals surface area contributed by atoms with E-state index in [0.717, 1.165) is 17.7 Å². The second-order valence-corrected chi connectivity index (χ2v) is 6.09. The van der Waals surface area contributed by atoms with Crippen molar-refractivity contribution in [2.75, 3.05) is 20.1 Å². The maximum absolute atomic E-state index is 12.6. The molecule has 160 valence electrons. The first-order valence-corrected chi connectivity index (χ1v) is 8.74. The summed E-state index contributed by atoms with van der Waals surface area (Å²) >= 11 is 0. The molecule has 6 nitrogen and oxygen atoms in total. The molecule has 10 heteroatoms. The minimum atomic E-state index is -4.34. The Kier molecular flexibility index (Phi) is 9.99. The van der Waals surface area contributed by atoms with Crippen LogP contribution in [-0.4, -0.2) is 32.0 Å². The summed E-state index contributed by atoms with van der Waals surface area (Å²) in [7, 11) is 1.60. The van der Waals surface area contributed by atoms with E-state index in [1.807, 2.05) is 0 Å². The minimum absolute atomic E-state index is 0. The molecule has 0 atom stereocenters. The van der Waals surface area contributed by atoms with Crippen LogP contribution >= 0.6 is 24.0 Å². The molecule has 0 aliphatic carbocycles. The highest BCUT2D eigenvalue weighted by Crippen LogP contribution is 2.29. The van der Waals surface area contributed by atoms with Gasteiger partial charge in [0.05, 0.1) is 11.8 Å². The predicted molar refractivity (Wildman–Crippen MR) is 115 cm³/mol. The molecule has 2 aromatic rings. The standard InChI is InChI=1S/C19H23F3N4O2.HI/c1-13-8-11-28-16(13)17(27)24-9-3-10-25-18(23-2)26-12-14-4-6-15(7-5-14)19(20,21)22;/h4-8,11H,3,9-10,12H2,1-2H3,(H,24,27)(H2,23,25,26);1H. The van der Waals surface area contributed by atoms with Crippen LogP contribution in [-0.2, 0) is 12.7 Å². The number of carbonyl (C=O) groups is 1. The highest BCUT2D eigenvalue weighted by atomic mass is 127. The Morgan fingerprint density at radius 3 is 2.28 bits per heavy atom. The Hall–Kier alpha value is -2.24. The second-order valence-electron chi connectivity index (χ2n) is 6.09. The lowest BCUT2D eigenvalue weighted by molar-refractivity contribution is -0.137. The van der Waals surface area contributed by atoms with Crippen molar-refractivity contribution in [2.45, 2.75) is 26.1 Å². The number of alkyl halides is 3. The maximum atomic E-state index is 12.6. The van der Waals surface area contributed by atoms with Gasteiger partial charge in [-0.2, -0.15) is 13.2 Å². The van der Waals surface area contributed by atoms with Gasteiger partial charge in [-0.05, 0) is 37.1 Å². The lowest BCUT2D eigenvalue weighted by Crippen LogP contribution is -2.38. The summed E-state index contributed by atoms with van der Waals surface area (Å²) in [5, 5.41) is 8.88. The summed E-state index contributed by atoms with van der Waals surface area (Å²) in [6.45, 7) is 3.16. The molecular weight excluding hydrogens is 500 g/mol. The van der Waals surface area contributed by atoms with Crippen LogP contribution in [0.3, 0.4) is 0 Å². The molecule has 0 aliphatic heterocycles. The van der Waals surface area contributed by atoms with Gasteiger partial charge in [-0.3, -0.25) is 9.79 Å². The Morgan fingerprint density at radius 2 is 1.72 bits per heavy atom. The van der Waals surface area contributed by atoms with Crippen LogP contribution in [0.25, 0.3) is 0 Å². The predicted octanol–water partition coefficient (Wildman–Crippen LogP) is 3.71. The van der Waals surface area contributed by atoms with E-state index in [1.54, 1.807) is 20.0 Å². The van der Waals surface area contributed by atoms with Gasteiger partial charge in [-0.1, -0.05) is 12.1 Å². The monoisotopic (exact) mass is 524 g/mol. The first kappa shape index (κ1) is 24.8. The van der Waals surface area contributed by atoms with Gasteiger partial charge >= 0.3 is 6.18 Å². The number of hydrogen-bond donors (Lipinski definition) is 3. The highest BCUT2D eigenvalue weighted by molar-refractivity contribution is 14.0. The number of aliphatic imine (C=N–C) groups is 1. The van der Waals surface area contributed by atoms with Gasteiger partial charge < -0.3 is 20.4 Å². The van der Waals surface area contributed by atoms with Gasteiger partial charge in [-0.25, -0.2) is 0 Å². The fourth-order valence-corrected chi connectivity index (χ4v) is 2.40. The number of guanidine groups is 1. The van der Waals surface area contributed by atoms with Crippen LogP contribution in [0.5, 0.6) is 0 Å². The molecular formula is C19H24F3IN4O2. The van der Waals surface area contributed by atoms with E-state index in [0.29, 0.717) is 43.3 Å². The van der Waals surface area contributed by atoms with Gasteiger partial charge in [0.2, 0.25) is 0 Å². The van der Waals surface area contributed by atoms with Gasteiger partial charge in [0.1, 0.15) is 0 Å². The smallest absolute Gasteiger partial charge is 0.416 e. The molecule has 2 rings (SSSR count). The normalized spacial score (nSPS) is 11.6. The molecule has 1 heterocycles. The van der Waals surface area contributed by atoms with E-state index in [-0.39, 0.29) is 29.9 Å². The molecule has 1 aromatic heterocycles. The molecule has 0 fully saturated rings. The number of amides is 1. The number of aryl methyl sites for hydroxylation is 1. The van der Waals surface area contributed by atoms with Crippen LogP contribution < -0.4 is 16.0 Å². The molecule has 0 unspecified atom stereocenters. The van der Waals surface area contributed by atoms with E-state index < -0.39 is 11.7 Å². The Bertz CT molecular complexity index is 805. The van der Waals surface area contributed by atoms with E-state index in [1.165, 1.54) is 18.4 Å². The number of nitrogens with one attached hydrogen (secondary N) is 3. The lowest BCUT2D eigenvalue weighted by atomic mass is 10.1. The molecule has 0 saturated carbocycles. The molecule has 0 aliphatic rings. The third-order valence-corrected chi connectivity index (χ3v) is 3.96. The molecule has 0 radical (unpaired) electrons. The number of rotatable bonds is 7. The Labute approximate surface area is 184 Å². The molecule has 0 bridgehead atoms. The lowest BCUT2D eigenvalue weighted by Gasteiger charge is -2.13. The zero-order chi connectivity index (χ0) is 20.6. The minimum Gasteiger partial charge on any atom is -0.459 e. The summed E-state index contributed by atoms with van der Waals surface area (Å²) in [6.07, 6.45) is -2.21. The number of hydrogen-bond acceptors (Lipinski definition) is 3. The van der Waals surface area contributed by atoms with Gasteiger partial charge in [0.15, 0.2) is 11.7 Å². The molecule has 0 spiro atoms. The summed E-state index contributed by atoms with van der Waals surface area (Å²) in [5.74, 6) is 0.572. The number of nitrogens with zero attached hydrogens (tertiary/aromatic N) is 1. The topological polar surface area (TPSA) is 78.7 Å². The summed E-state index contributed by atoms with van der Waals surface area (Å²) in [4.78, 5) is 16.0.